The van der Waals surface area contributed by atoms with Crippen LogP contribution in [0.2, 0.25) is 0 Å². The number of hydroxylamine groups is 1. The first-order chi connectivity index (χ1) is 13.5. The second-order valence-electron chi connectivity index (χ2n) is 6.08. The number of hydrogen-bond donors (Lipinski definition) is 3. The maximum atomic E-state index is 12.0. The SMILES string of the molecule is COc1c(Cc2cccc(C=CC(=O)NO)c2)c(C(N)=O)nc2ccccc12. The number of carbonyl (C=O) groups is 2. The summed E-state index contributed by atoms with van der Waals surface area (Å²) in [6, 6.07) is 14.8. The molecule has 0 fully saturated rings. The number of methoxy groups -OCH3 is 1. The van der Waals surface area contributed by atoms with Gasteiger partial charge in [0.2, 0.25) is 0 Å². The van der Waals surface area contributed by atoms with Gasteiger partial charge < -0.3 is 10.5 Å². The molecule has 0 radical (unpaired) electrons. The summed E-state index contributed by atoms with van der Waals surface area (Å²) in [5.74, 6) is -0.698. The van der Waals surface area contributed by atoms with Crippen molar-refractivity contribution in [3.8, 4) is 5.75 Å². The zero-order valence-corrected chi connectivity index (χ0v) is 15.2. The van der Waals surface area contributed by atoms with Crippen LogP contribution in [0.15, 0.2) is 54.6 Å². The van der Waals surface area contributed by atoms with E-state index in [1.807, 2.05) is 42.5 Å². The lowest BCUT2D eigenvalue weighted by molar-refractivity contribution is -0.124. The van der Waals surface area contributed by atoms with Crippen LogP contribution in [0, 0.1) is 0 Å². The lowest BCUT2D eigenvalue weighted by Crippen LogP contribution is -2.17. The van der Waals surface area contributed by atoms with Gasteiger partial charge in [0.15, 0.2) is 0 Å². The molecule has 0 aliphatic rings. The van der Waals surface area contributed by atoms with Crippen molar-refractivity contribution in [2.75, 3.05) is 7.11 Å². The van der Waals surface area contributed by atoms with Crippen molar-refractivity contribution < 1.29 is 19.5 Å². The summed E-state index contributed by atoms with van der Waals surface area (Å²) in [5, 5.41) is 9.37. The molecule has 0 aliphatic carbocycles. The molecule has 3 aromatic rings. The molecule has 28 heavy (non-hydrogen) atoms. The molecule has 0 aliphatic heterocycles. The Labute approximate surface area is 161 Å². The first kappa shape index (κ1) is 19.1. The van der Waals surface area contributed by atoms with Gasteiger partial charge in [-0.15, -0.1) is 0 Å². The Morgan fingerprint density at radius 2 is 2.00 bits per heavy atom. The lowest BCUT2D eigenvalue weighted by atomic mass is 9.98. The van der Waals surface area contributed by atoms with Gasteiger partial charge in [0.1, 0.15) is 11.4 Å². The van der Waals surface area contributed by atoms with Crippen LogP contribution in [0.1, 0.15) is 27.2 Å². The second kappa shape index (κ2) is 8.32. The number of amides is 2. The number of benzene rings is 2. The van der Waals surface area contributed by atoms with E-state index in [4.69, 9.17) is 15.7 Å². The lowest BCUT2D eigenvalue weighted by Gasteiger charge is -2.15. The van der Waals surface area contributed by atoms with Gasteiger partial charge >= 0.3 is 0 Å². The minimum absolute atomic E-state index is 0.163. The highest BCUT2D eigenvalue weighted by molar-refractivity contribution is 5.98. The Hall–Kier alpha value is -3.71. The van der Waals surface area contributed by atoms with Crippen LogP contribution in [0.25, 0.3) is 17.0 Å². The van der Waals surface area contributed by atoms with E-state index >= 15 is 0 Å². The predicted molar refractivity (Wildman–Crippen MR) is 105 cm³/mol. The quantitative estimate of drug-likeness (QED) is 0.347. The molecule has 1 heterocycles. The molecule has 4 N–H and O–H groups in total. The molecule has 0 bridgehead atoms. The molecule has 7 nitrogen and oxygen atoms in total. The first-order valence-corrected chi connectivity index (χ1v) is 8.50. The summed E-state index contributed by atoms with van der Waals surface area (Å²) >= 11 is 0. The van der Waals surface area contributed by atoms with E-state index in [1.165, 1.54) is 11.6 Å². The standard InChI is InChI=1S/C21H19N3O4/c1-28-20-15-7-2-3-8-17(15)23-19(21(22)26)16(20)12-14-6-4-5-13(11-14)9-10-18(25)24-27/h2-11,27H,12H2,1H3,(H2,22,26)(H,24,25). The Balaban J connectivity index is 2.07. The topological polar surface area (TPSA) is 115 Å². The van der Waals surface area contributed by atoms with Crippen molar-refractivity contribution in [3.05, 3.63) is 77.0 Å². The number of fused-ring (bicyclic) bond motifs is 1. The molecule has 142 valence electrons. The molecule has 2 amide bonds. The maximum Gasteiger partial charge on any atom is 0.267 e. The summed E-state index contributed by atoms with van der Waals surface area (Å²) in [5.41, 5.74) is 10.1. The van der Waals surface area contributed by atoms with Crippen molar-refractivity contribution in [3.63, 3.8) is 0 Å². The summed E-state index contributed by atoms with van der Waals surface area (Å²) in [4.78, 5) is 27.6. The summed E-state index contributed by atoms with van der Waals surface area (Å²) in [6.07, 6.45) is 3.15. The average molecular weight is 377 g/mol. The molecule has 7 heteroatoms. The van der Waals surface area contributed by atoms with Gasteiger partial charge in [-0.1, -0.05) is 36.4 Å². The largest absolute Gasteiger partial charge is 0.496 e. The van der Waals surface area contributed by atoms with Crippen LogP contribution in [0.3, 0.4) is 0 Å². The van der Waals surface area contributed by atoms with Crippen molar-refractivity contribution in [1.29, 1.82) is 0 Å². The normalized spacial score (nSPS) is 10.9. The molecule has 0 saturated heterocycles. The molecular formula is C21H19N3O4. The number of carbonyl (C=O) groups excluding carboxylic acids is 2. The van der Waals surface area contributed by atoms with Crippen molar-refractivity contribution in [2.24, 2.45) is 5.73 Å². The van der Waals surface area contributed by atoms with Crippen LogP contribution < -0.4 is 16.0 Å². The zero-order chi connectivity index (χ0) is 20.1. The fraction of sp³-hybridized carbons (Fsp3) is 0.0952. The third-order valence-electron chi connectivity index (χ3n) is 4.25. The van der Waals surface area contributed by atoms with Crippen LogP contribution in [-0.4, -0.2) is 29.1 Å². The third-order valence-corrected chi connectivity index (χ3v) is 4.25. The van der Waals surface area contributed by atoms with Crippen molar-refractivity contribution >= 4 is 28.8 Å². The Morgan fingerprint density at radius 3 is 2.71 bits per heavy atom. The minimum Gasteiger partial charge on any atom is -0.496 e. The van der Waals surface area contributed by atoms with E-state index < -0.39 is 11.8 Å². The van der Waals surface area contributed by atoms with E-state index in [0.29, 0.717) is 23.3 Å². The van der Waals surface area contributed by atoms with E-state index in [-0.39, 0.29) is 5.69 Å². The number of aromatic nitrogens is 1. The molecular weight excluding hydrogens is 358 g/mol. The van der Waals surface area contributed by atoms with Crippen LogP contribution in [0.4, 0.5) is 0 Å². The van der Waals surface area contributed by atoms with Gasteiger partial charge in [0.05, 0.1) is 12.6 Å². The van der Waals surface area contributed by atoms with Crippen LogP contribution >= 0.6 is 0 Å². The van der Waals surface area contributed by atoms with Gasteiger partial charge in [-0.2, -0.15) is 0 Å². The number of ether oxygens (including phenoxy) is 1. The van der Waals surface area contributed by atoms with E-state index in [1.54, 1.807) is 19.3 Å². The Morgan fingerprint density at radius 1 is 1.21 bits per heavy atom. The maximum absolute atomic E-state index is 12.0. The number of nitrogens with zero attached hydrogens (tertiary/aromatic N) is 1. The van der Waals surface area contributed by atoms with Gasteiger partial charge in [-0.05, 0) is 29.3 Å². The van der Waals surface area contributed by atoms with Gasteiger partial charge in [-0.3, -0.25) is 14.8 Å². The predicted octanol–water partition coefficient (Wildman–Crippen LogP) is 2.45. The molecule has 0 atom stereocenters. The number of rotatable bonds is 6. The fourth-order valence-electron chi connectivity index (χ4n) is 3.04. The van der Waals surface area contributed by atoms with E-state index in [0.717, 1.165) is 16.5 Å². The first-order valence-electron chi connectivity index (χ1n) is 8.50. The molecule has 0 spiro atoms. The smallest absolute Gasteiger partial charge is 0.267 e. The minimum atomic E-state index is -0.630. The van der Waals surface area contributed by atoms with Crippen molar-refractivity contribution in [2.45, 2.75) is 6.42 Å². The number of para-hydroxylation sites is 1. The molecule has 1 aromatic heterocycles. The molecule has 3 rings (SSSR count). The van der Waals surface area contributed by atoms with Gasteiger partial charge in [0, 0.05) is 23.4 Å². The highest BCUT2D eigenvalue weighted by Gasteiger charge is 2.19. The number of nitrogens with two attached hydrogens (primary N) is 1. The Kier molecular flexibility index (Phi) is 5.67. The molecule has 0 unspecified atom stereocenters. The molecule has 0 saturated carbocycles. The highest BCUT2D eigenvalue weighted by Crippen LogP contribution is 2.32. The number of hydrogen-bond acceptors (Lipinski definition) is 5. The van der Waals surface area contributed by atoms with Gasteiger partial charge in [-0.25, -0.2) is 10.5 Å². The fourth-order valence-corrected chi connectivity index (χ4v) is 3.04. The zero-order valence-electron chi connectivity index (χ0n) is 15.2. The Bertz CT molecular complexity index is 1080. The van der Waals surface area contributed by atoms with E-state index in [9.17, 15) is 9.59 Å². The number of pyridine rings is 1. The summed E-state index contributed by atoms with van der Waals surface area (Å²) in [7, 11) is 1.54. The number of nitrogens with one attached hydrogen (secondary N) is 1. The van der Waals surface area contributed by atoms with Crippen molar-refractivity contribution in [1.82, 2.24) is 10.5 Å². The monoisotopic (exact) mass is 377 g/mol. The number of primary amides is 1. The van der Waals surface area contributed by atoms with Crippen LogP contribution in [0.5, 0.6) is 5.75 Å². The summed E-state index contributed by atoms with van der Waals surface area (Å²) in [6.45, 7) is 0. The van der Waals surface area contributed by atoms with E-state index in [2.05, 4.69) is 4.98 Å². The highest BCUT2D eigenvalue weighted by atomic mass is 16.5. The van der Waals surface area contributed by atoms with Gasteiger partial charge in [0.25, 0.3) is 11.8 Å². The average Bonchev–Trinajstić information content (AvgIpc) is 2.71. The third kappa shape index (κ3) is 3.99. The summed E-state index contributed by atoms with van der Waals surface area (Å²) < 4.78 is 5.60. The van der Waals surface area contributed by atoms with Crippen LogP contribution in [-0.2, 0) is 11.2 Å². The second-order valence-corrected chi connectivity index (χ2v) is 6.08. The molecule has 2 aromatic carbocycles.